The molecule has 2 aromatic carbocycles. The molecule has 0 aliphatic rings. The number of nitrogens with one attached hydrogen (secondary N) is 1. The number of halogens is 3. The molecule has 1 aromatic heterocycles. The van der Waals surface area contributed by atoms with Crippen LogP contribution in [0.3, 0.4) is 0 Å². The number of aromatic nitrogens is 2. The summed E-state index contributed by atoms with van der Waals surface area (Å²) < 4.78 is 16.3. The van der Waals surface area contributed by atoms with E-state index < -0.39 is 0 Å². The maximum Gasteiger partial charge on any atom is 0.282 e. The summed E-state index contributed by atoms with van der Waals surface area (Å²) in [6, 6.07) is 7.64. The van der Waals surface area contributed by atoms with Crippen molar-refractivity contribution in [1.82, 2.24) is 9.88 Å². The smallest absolute Gasteiger partial charge is 0.282 e. The quantitative estimate of drug-likeness (QED) is 0.217. The van der Waals surface area contributed by atoms with Crippen LogP contribution in [0.1, 0.15) is 37.1 Å². The maximum absolute atomic E-state index is 11.8. The van der Waals surface area contributed by atoms with Gasteiger partial charge in [-0.05, 0) is 37.5 Å². The zero-order chi connectivity index (χ0) is 26.2. The van der Waals surface area contributed by atoms with Crippen LogP contribution in [0.25, 0.3) is 23.2 Å². The third-order valence-electron chi connectivity index (χ3n) is 5.93. The SMILES string of the molecule is COc1cc(Br)cc(/C=C/c2n(CCCCCC(=O)NCCN)c3cc(Cl)c(Cl)cc3[n+]2C)c1OC. The largest absolute Gasteiger partial charge is 0.493 e. The van der Waals surface area contributed by atoms with Crippen molar-refractivity contribution in [3.8, 4) is 11.5 Å². The van der Waals surface area contributed by atoms with Gasteiger partial charge in [0.1, 0.15) is 0 Å². The summed E-state index contributed by atoms with van der Waals surface area (Å²) in [5.41, 5.74) is 8.28. The number of carbonyl (C=O) groups excluding carboxylic acids is 1. The van der Waals surface area contributed by atoms with E-state index in [0.29, 0.717) is 41.1 Å². The molecule has 7 nitrogen and oxygen atoms in total. The van der Waals surface area contributed by atoms with E-state index in [1.807, 2.05) is 43.5 Å². The topological polar surface area (TPSA) is 82.4 Å². The van der Waals surface area contributed by atoms with Gasteiger partial charge in [0.2, 0.25) is 5.91 Å². The lowest BCUT2D eigenvalue weighted by atomic mass is 10.1. The molecular formula is C26H32BrCl2N4O3+. The molecule has 0 radical (unpaired) electrons. The van der Waals surface area contributed by atoms with Gasteiger partial charge in [-0.2, -0.15) is 0 Å². The van der Waals surface area contributed by atoms with Crippen LogP contribution in [0.5, 0.6) is 11.5 Å². The average Bonchev–Trinajstić information content (AvgIpc) is 3.10. The van der Waals surface area contributed by atoms with Crippen LogP contribution in [0.15, 0.2) is 28.7 Å². The van der Waals surface area contributed by atoms with Gasteiger partial charge in [-0.25, -0.2) is 9.13 Å². The second-order valence-electron chi connectivity index (χ2n) is 8.34. The zero-order valence-electron chi connectivity index (χ0n) is 20.7. The molecule has 0 saturated carbocycles. The van der Waals surface area contributed by atoms with E-state index in [1.54, 1.807) is 14.2 Å². The number of aryl methyl sites for hydroxylation is 2. The first kappa shape index (κ1) is 28.3. The van der Waals surface area contributed by atoms with Gasteiger partial charge in [-0.3, -0.25) is 4.79 Å². The predicted molar refractivity (Wildman–Crippen MR) is 150 cm³/mol. The van der Waals surface area contributed by atoms with Gasteiger partial charge in [-0.15, -0.1) is 0 Å². The van der Waals surface area contributed by atoms with Gasteiger partial charge in [0, 0.05) is 47.8 Å². The highest BCUT2D eigenvalue weighted by molar-refractivity contribution is 9.10. The molecule has 0 bridgehead atoms. The van der Waals surface area contributed by atoms with Crippen molar-refractivity contribution in [3.63, 3.8) is 0 Å². The minimum atomic E-state index is 0.0432. The number of ether oxygens (including phenoxy) is 2. The van der Waals surface area contributed by atoms with Crippen LogP contribution >= 0.6 is 39.1 Å². The molecule has 1 heterocycles. The van der Waals surface area contributed by atoms with Crippen molar-refractivity contribution >= 4 is 68.2 Å². The Balaban J connectivity index is 1.90. The number of rotatable bonds is 12. The Morgan fingerprint density at radius 2 is 1.86 bits per heavy atom. The van der Waals surface area contributed by atoms with Crippen molar-refractivity contribution in [2.45, 2.75) is 32.2 Å². The summed E-state index contributed by atoms with van der Waals surface area (Å²) in [5, 5.41) is 3.83. The van der Waals surface area contributed by atoms with Crippen molar-refractivity contribution < 1.29 is 18.8 Å². The Morgan fingerprint density at radius 3 is 2.56 bits per heavy atom. The molecule has 0 unspecified atom stereocenters. The number of hydrogen-bond acceptors (Lipinski definition) is 4. The number of imidazole rings is 1. The molecule has 0 aliphatic carbocycles. The number of methoxy groups -OCH3 is 2. The van der Waals surface area contributed by atoms with Gasteiger partial charge in [0.25, 0.3) is 5.82 Å². The number of nitrogens with two attached hydrogens (primary N) is 1. The molecule has 36 heavy (non-hydrogen) atoms. The highest BCUT2D eigenvalue weighted by atomic mass is 79.9. The first-order valence-corrected chi connectivity index (χ1v) is 13.3. The van der Waals surface area contributed by atoms with E-state index >= 15 is 0 Å². The van der Waals surface area contributed by atoms with Crippen molar-refractivity contribution in [1.29, 1.82) is 0 Å². The van der Waals surface area contributed by atoms with Crippen LogP contribution in [0, 0.1) is 0 Å². The molecule has 3 rings (SSSR count). The van der Waals surface area contributed by atoms with E-state index in [-0.39, 0.29) is 5.91 Å². The zero-order valence-corrected chi connectivity index (χ0v) is 23.8. The van der Waals surface area contributed by atoms with Crippen molar-refractivity contribution in [2.75, 3.05) is 27.3 Å². The minimum Gasteiger partial charge on any atom is -0.493 e. The number of fused-ring (bicyclic) bond motifs is 1. The lowest BCUT2D eigenvalue weighted by Crippen LogP contribution is -2.31. The van der Waals surface area contributed by atoms with E-state index in [4.69, 9.17) is 38.4 Å². The summed E-state index contributed by atoms with van der Waals surface area (Å²) in [6.45, 7) is 1.72. The number of carbonyl (C=O) groups is 1. The van der Waals surface area contributed by atoms with E-state index in [9.17, 15) is 4.79 Å². The number of unbranched alkanes of at least 4 members (excludes halogenated alkanes) is 2. The third-order valence-corrected chi connectivity index (χ3v) is 7.11. The summed E-state index contributed by atoms with van der Waals surface area (Å²) in [6.07, 6.45) is 7.19. The fraction of sp³-hybridized carbons (Fsp3) is 0.385. The molecule has 0 fully saturated rings. The van der Waals surface area contributed by atoms with Gasteiger partial charge in [0.15, 0.2) is 22.5 Å². The van der Waals surface area contributed by atoms with E-state index in [1.165, 1.54) is 0 Å². The van der Waals surface area contributed by atoms with Gasteiger partial charge >= 0.3 is 0 Å². The minimum absolute atomic E-state index is 0.0432. The number of amides is 1. The van der Waals surface area contributed by atoms with Crippen LogP contribution in [-0.4, -0.2) is 37.8 Å². The number of nitrogens with zero attached hydrogens (tertiary/aromatic N) is 2. The van der Waals surface area contributed by atoms with Crippen LogP contribution in [0.4, 0.5) is 0 Å². The molecule has 0 saturated heterocycles. The fourth-order valence-corrected chi connectivity index (χ4v) is 4.92. The lowest BCUT2D eigenvalue weighted by molar-refractivity contribution is -0.647. The van der Waals surface area contributed by atoms with Gasteiger partial charge in [0.05, 0.1) is 37.9 Å². The third kappa shape index (κ3) is 6.73. The summed E-state index contributed by atoms with van der Waals surface area (Å²) in [7, 11) is 5.24. The Hall–Kier alpha value is -2.26. The molecule has 194 valence electrons. The van der Waals surface area contributed by atoms with E-state index in [0.717, 1.165) is 52.7 Å². The first-order chi connectivity index (χ1) is 17.3. The fourth-order valence-electron chi connectivity index (χ4n) is 4.15. The second-order valence-corrected chi connectivity index (χ2v) is 10.1. The molecular weight excluding hydrogens is 567 g/mol. The Labute approximate surface area is 230 Å². The molecule has 0 aliphatic heterocycles. The van der Waals surface area contributed by atoms with Gasteiger partial charge in [-0.1, -0.05) is 39.1 Å². The second kappa shape index (κ2) is 13.3. The molecule has 3 aromatic rings. The van der Waals surface area contributed by atoms with E-state index in [2.05, 4.69) is 30.4 Å². The first-order valence-electron chi connectivity index (χ1n) is 11.7. The summed E-state index contributed by atoms with van der Waals surface area (Å²) >= 11 is 16.3. The Kier molecular flexibility index (Phi) is 10.5. The van der Waals surface area contributed by atoms with Crippen LogP contribution in [-0.2, 0) is 18.4 Å². The number of benzene rings is 2. The van der Waals surface area contributed by atoms with Crippen molar-refractivity contribution in [3.05, 3.63) is 50.2 Å². The monoisotopic (exact) mass is 597 g/mol. The summed E-state index contributed by atoms with van der Waals surface area (Å²) in [4.78, 5) is 11.8. The van der Waals surface area contributed by atoms with Gasteiger partial charge < -0.3 is 20.5 Å². The molecule has 10 heteroatoms. The predicted octanol–water partition coefficient (Wildman–Crippen LogP) is 5.36. The Bertz CT molecular complexity index is 1260. The Morgan fingerprint density at radius 1 is 1.11 bits per heavy atom. The van der Waals surface area contributed by atoms with Crippen LogP contribution in [0.2, 0.25) is 10.0 Å². The standard InChI is InChI=1S/C26H31BrCl2N4O3/c1-32-21-15-19(28)20(29)16-22(21)33(12-6-4-5-7-24(34)31-11-10-30)25(32)9-8-17-13-18(27)14-23(35-2)26(17)36-3/h8-9,13-16H,4-7,10-12,30H2,1-3H3/p+1/b9-8+. The number of hydrogen-bond donors (Lipinski definition) is 2. The lowest BCUT2D eigenvalue weighted by Gasteiger charge is -2.11. The summed E-state index contributed by atoms with van der Waals surface area (Å²) in [5.74, 6) is 2.32. The molecule has 0 atom stereocenters. The molecule has 3 N–H and O–H groups in total. The highest BCUT2D eigenvalue weighted by Crippen LogP contribution is 2.36. The van der Waals surface area contributed by atoms with Crippen molar-refractivity contribution in [2.24, 2.45) is 12.8 Å². The average molecular weight is 599 g/mol. The molecule has 1 amide bonds. The molecule has 0 spiro atoms. The maximum atomic E-state index is 11.8. The normalized spacial score (nSPS) is 11.4. The van der Waals surface area contributed by atoms with Crippen LogP contribution < -0.4 is 25.1 Å². The highest BCUT2D eigenvalue weighted by Gasteiger charge is 2.22.